The van der Waals surface area contributed by atoms with Crippen LogP contribution in [0, 0.1) is 0 Å². The summed E-state index contributed by atoms with van der Waals surface area (Å²) < 4.78 is 8.03. The summed E-state index contributed by atoms with van der Waals surface area (Å²) in [7, 11) is 1.58. The molecule has 0 saturated heterocycles. The number of nitrogens with zero attached hydrogens (tertiary/aromatic N) is 4. The number of rotatable bonds is 5. The van der Waals surface area contributed by atoms with E-state index in [1.54, 1.807) is 42.3 Å². The number of anilines is 1. The van der Waals surface area contributed by atoms with Gasteiger partial charge < -0.3 is 10.1 Å². The Balaban J connectivity index is 1.75. The number of aromatic nitrogens is 4. The highest BCUT2D eigenvalue weighted by Crippen LogP contribution is 2.30. The Morgan fingerprint density at radius 3 is 2.55 bits per heavy atom. The minimum Gasteiger partial charge on any atom is -0.497 e. The van der Waals surface area contributed by atoms with Gasteiger partial charge in [-0.3, -0.25) is 14.3 Å². The van der Waals surface area contributed by atoms with E-state index in [1.807, 2.05) is 38.3 Å². The zero-order valence-corrected chi connectivity index (χ0v) is 18.6. The predicted molar refractivity (Wildman–Crippen MR) is 122 cm³/mol. The second kappa shape index (κ2) is 7.99. The Kier molecular flexibility index (Phi) is 5.36. The van der Waals surface area contributed by atoms with E-state index in [1.165, 1.54) is 16.0 Å². The summed E-state index contributed by atoms with van der Waals surface area (Å²) in [5, 5.41) is 14.4. The molecule has 31 heavy (non-hydrogen) atoms. The third kappa shape index (κ3) is 4.09. The van der Waals surface area contributed by atoms with Crippen molar-refractivity contribution in [1.82, 2.24) is 19.6 Å². The number of ether oxygens (including phenoxy) is 1. The van der Waals surface area contributed by atoms with Crippen molar-refractivity contribution in [3.05, 3.63) is 58.3 Å². The van der Waals surface area contributed by atoms with E-state index in [0.29, 0.717) is 28.0 Å². The number of hydrogen-bond donors (Lipinski definition) is 1. The van der Waals surface area contributed by atoms with Crippen LogP contribution in [0.3, 0.4) is 0 Å². The summed E-state index contributed by atoms with van der Waals surface area (Å²) >= 11 is 1.52. The van der Waals surface area contributed by atoms with Gasteiger partial charge in [-0.15, -0.1) is 11.3 Å². The third-order valence-corrected chi connectivity index (χ3v) is 5.62. The number of fused-ring (bicyclic) bond motifs is 1. The maximum atomic E-state index is 13.3. The largest absolute Gasteiger partial charge is 0.497 e. The van der Waals surface area contributed by atoms with Gasteiger partial charge in [0.25, 0.3) is 5.56 Å². The first-order valence-electron chi connectivity index (χ1n) is 9.75. The molecule has 0 aliphatic heterocycles. The monoisotopic (exact) mass is 437 g/mol. The zero-order valence-electron chi connectivity index (χ0n) is 17.7. The molecule has 1 amide bonds. The molecule has 0 fully saturated rings. The molecule has 0 unspecified atom stereocenters. The Morgan fingerprint density at radius 2 is 1.94 bits per heavy atom. The minimum atomic E-state index is -0.405. The summed E-state index contributed by atoms with van der Waals surface area (Å²) in [6.45, 7) is 5.72. The molecule has 0 radical (unpaired) electrons. The Morgan fingerprint density at radius 1 is 1.19 bits per heavy atom. The van der Waals surface area contributed by atoms with Crippen molar-refractivity contribution in [2.24, 2.45) is 0 Å². The van der Waals surface area contributed by atoms with Crippen LogP contribution >= 0.6 is 11.3 Å². The molecule has 8 nitrogen and oxygen atoms in total. The van der Waals surface area contributed by atoms with Crippen LogP contribution in [0.1, 0.15) is 20.8 Å². The molecule has 3 heterocycles. The minimum absolute atomic E-state index is 0.214. The van der Waals surface area contributed by atoms with Gasteiger partial charge in [0.15, 0.2) is 0 Å². The highest BCUT2D eigenvalue weighted by molar-refractivity contribution is 7.13. The maximum Gasteiger partial charge on any atom is 0.293 e. The fourth-order valence-electron chi connectivity index (χ4n) is 3.29. The standard InChI is InChI=1S/C22H23N5O3S/c1-22(2,3)27-20-16(12-23-27)19(17-6-5-11-31-17)25-26(21(20)29)13-18(28)24-14-7-9-15(30-4)10-8-14/h5-12H,13H2,1-4H3,(H,24,28). The van der Waals surface area contributed by atoms with Gasteiger partial charge in [0.2, 0.25) is 5.91 Å². The van der Waals surface area contributed by atoms with Gasteiger partial charge in [-0.1, -0.05) is 6.07 Å². The Bertz CT molecular complexity index is 1280. The van der Waals surface area contributed by atoms with Crippen molar-refractivity contribution in [2.75, 3.05) is 12.4 Å². The van der Waals surface area contributed by atoms with Gasteiger partial charge in [0.05, 0.1) is 29.1 Å². The molecule has 3 aromatic heterocycles. The second-order valence-electron chi connectivity index (χ2n) is 8.05. The summed E-state index contributed by atoms with van der Waals surface area (Å²) in [6, 6.07) is 10.8. The maximum absolute atomic E-state index is 13.3. The van der Waals surface area contributed by atoms with Crippen molar-refractivity contribution < 1.29 is 9.53 Å². The lowest BCUT2D eigenvalue weighted by atomic mass is 10.1. The first-order valence-corrected chi connectivity index (χ1v) is 10.6. The van der Waals surface area contributed by atoms with E-state index < -0.39 is 5.54 Å². The smallest absolute Gasteiger partial charge is 0.293 e. The quantitative estimate of drug-likeness (QED) is 0.514. The summed E-state index contributed by atoms with van der Waals surface area (Å²) in [5.74, 6) is 0.343. The predicted octanol–water partition coefficient (Wildman–Crippen LogP) is 3.72. The molecule has 0 atom stereocenters. The van der Waals surface area contributed by atoms with Gasteiger partial charge in [0, 0.05) is 5.69 Å². The lowest BCUT2D eigenvalue weighted by Gasteiger charge is -2.20. The highest BCUT2D eigenvalue weighted by Gasteiger charge is 2.24. The number of hydrogen-bond acceptors (Lipinski definition) is 6. The van der Waals surface area contributed by atoms with Crippen molar-refractivity contribution >= 4 is 33.8 Å². The topological polar surface area (TPSA) is 91.0 Å². The number of benzene rings is 1. The number of amides is 1. The van der Waals surface area contributed by atoms with Crippen LogP contribution in [0.2, 0.25) is 0 Å². The van der Waals surface area contributed by atoms with Crippen LogP contribution in [-0.2, 0) is 16.9 Å². The van der Waals surface area contributed by atoms with Crippen molar-refractivity contribution in [1.29, 1.82) is 0 Å². The second-order valence-corrected chi connectivity index (χ2v) is 9.00. The van der Waals surface area contributed by atoms with Crippen LogP contribution in [0.5, 0.6) is 5.75 Å². The van der Waals surface area contributed by atoms with Crippen LogP contribution in [-0.4, -0.2) is 32.6 Å². The van der Waals surface area contributed by atoms with E-state index in [-0.39, 0.29) is 18.0 Å². The first kappa shape index (κ1) is 20.8. The third-order valence-electron chi connectivity index (χ3n) is 4.74. The summed E-state index contributed by atoms with van der Waals surface area (Å²) in [6.07, 6.45) is 1.67. The van der Waals surface area contributed by atoms with Gasteiger partial charge in [-0.05, 0) is 56.5 Å². The molecule has 0 bridgehead atoms. The van der Waals surface area contributed by atoms with Crippen LogP contribution in [0.4, 0.5) is 5.69 Å². The zero-order chi connectivity index (χ0) is 22.2. The number of carbonyl (C=O) groups is 1. The van der Waals surface area contributed by atoms with Gasteiger partial charge in [-0.2, -0.15) is 10.2 Å². The molecule has 0 saturated carbocycles. The van der Waals surface area contributed by atoms with Crippen LogP contribution in [0.25, 0.3) is 21.5 Å². The number of nitrogens with one attached hydrogen (secondary N) is 1. The average molecular weight is 438 g/mol. The van der Waals surface area contributed by atoms with Gasteiger partial charge in [0.1, 0.15) is 23.5 Å². The first-order chi connectivity index (χ1) is 14.8. The average Bonchev–Trinajstić information content (AvgIpc) is 3.40. The molecule has 1 aromatic carbocycles. The van der Waals surface area contributed by atoms with Crippen LogP contribution < -0.4 is 15.6 Å². The van der Waals surface area contributed by atoms with Crippen molar-refractivity contribution in [2.45, 2.75) is 32.9 Å². The number of carbonyl (C=O) groups excluding carboxylic acids is 1. The van der Waals surface area contributed by atoms with E-state index in [4.69, 9.17) is 4.74 Å². The van der Waals surface area contributed by atoms with Crippen molar-refractivity contribution in [3.8, 4) is 16.3 Å². The summed E-state index contributed by atoms with van der Waals surface area (Å²) in [4.78, 5) is 26.9. The molecular formula is C22H23N5O3S. The lowest BCUT2D eigenvalue weighted by molar-refractivity contribution is -0.117. The number of methoxy groups -OCH3 is 1. The fraction of sp³-hybridized carbons (Fsp3) is 0.273. The van der Waals surface area contributed by atoms with E-state index in [2.05, 4.69) is 15.5 Å². The normalized spacial score (nSPS) is 11.6. The summed E-state index contributed by atoms with van der Waals surface area (Å²) in [5.41, 5.74) is 0.921. The van der Waals surface area contributed by atoms with E-state index in [9.17, 15) is 9.59 Å². The van der Waals surface area contributed by atoms with Crippen LogP contribution in [0.15, 0.2) is 52.8 Å². The van der Waals surface area contributed by atoms with E-state index in [0.717, 1.165) is 4.88 Å². The Hall–Kier alpha value is -3.46. The fourth-order valence-corrected chi connectivity index (χ4v) is 4.02. The lowest BCUT2D eigenvalue weighted by Crippen LogP contribution is -2.33. The van der Waals surface area contributed by atoms with Gasteiger partial charge >= 0.3 is 0 Å². The molecule has 0 aliphatic carbocycles. The molecular weight excluding hydrogens is 414 g/mol. The van der Waals surface area contributed by atoms with Crippen molar-refractivity contribution in [3.63, 3.8) is 0 Å². The van der Waals surface area contributed by atoms with Gasteiger partial charge in [-0.25, -0.2) is 4.68 Å². The molecule has 1 N–H and O–H groups in total. The van der Waals surface area contributed by atoms with E-state index >= 15 is 0 Å². The number of thiophene rings is 1. The SMILES string of the molecule is COc1ccc(NC(=O)Cn2nc(-c3cccs3)c3cnn(C(C)(C)C)c3c2=O)cc1. The molecule has 4 aromatic rings. The molecule has 160 valence electrons. The molecule has 9 heteroatoms. The Labute approximate surface area is 183 Å². The molecule has 4 rings (SSSR count). The molecule has 0 aliphatic rings. The highest BCUT2D eigenvalue weighted by atomic mass is 32.1. The molecule has 0 spiro atoms.